The zero-order valence-electron chi connectivity index (χ0n) is 13.7. The lowest BCUT2D eigenvalue weighted by atomic mass is 10.0. The molecular weight excluding hydrogens is 314 g/mol. The summed E-state index contributed by atoms with van der Waals surface area (Å²) >= 11 is 0. The van der Waals surface area contributed by atoms with Gasteiger partial charge in [-0.1, -0.05) is 0 Å². The number of pyridine rings is 1. The number of H-pyrrole nitrogens is 2. The fourth-order valence-electron chi connectivity index (χ4n) is 2.43. The molecule has 3 N–H and O–H groups in total. The number of hydrogen-bond acceptors (Lipinski definition) is 5. The third-order valence-corrected chi connectivity index (χ3v) is 3.65. The standard InChI is InChI=1S/C15H19N5O4/c1-15(2,3)24-14(23)20-7-6-9(20)13(22)17-12-8-4-5-10(21)16-11(8)18-19-12/h4-5,9H,6-7H2,1-3H3,(H3,16,17,18,19,21,22)/t9-/m1/s1. The lowest BCUT2D eigenvalue weighted by molar-refractivity contribution is -0.125. The van der Waals surface area contributed by atoms with Gasteiger partial charge in [0.2, 0.25) is 11.5 Å². The molecule has 0 saturated carbocycles. The summed E-state index contributed by atoms with van der Waals surface area (Å²) in [5, 5.41) is 9.90. The van der Waals surface area contributed by atoms with Gasteiger partial charge in [-0.15, -0.1) is 0 Å². The quantitative estimate of drug-likeness (QED) is 0.762. The van der Waals surface area contributed by atoms with Crippen molar-refractivity contribution in [1.29, 1.82) is 0 Å². The number of carbonyl (C=O) groups excluding carboxylic acids is 2. The molecule has 1 atom stereocenters. The molecule has 1 saturated heterocycles. The maximum atomic E-state index is 12.4. The van der Waals surface area contributed by atoms with Gasteiger partial charge in [-0.05, 0) is 33.3 Å². The molecule has 2 aromatic heterocycles. The maximum absolute atomic E-state index is 12.4. The van der Waals surface area contributed by atoms with E-state index in [0.29, 0.717) is 29.8 Å². The zero-order chi connectivity index (χ0) is 17.5. The van der Waals surface area contributed by atoms with E-state index >= 15 is 0 Å². The summed E-state index contributed by atoms with van der Waals surface area (Å²) in [6.07, 6.45) is 0.0567. The van der Waals surface area contributed by atoms with Crippen LogP contribution < -0.4 is 10.9 Å². The number of rotatable bonds is 2. The van der Waals surface area contributed by atoms with Crippen molar-refractivity contribution in [1.82, 2.24) is 20.1 Å². The molecule has 0 aliphatic carbocycles. The van der Waals surface area contributed by atoms with Crippen LogP contribution in [0.15, 0.2) is 16.9 Å². The van der Waals surface area contributed by atoms with Gasteiger partial charge in [-0.2, -0.15) is 5.10 Å². The van der Waals surface area contributed by atoms with Crippen molar-refractivity contribution in [2.75, 3.05) is 11.9 Å². The van der Waals surface area contributed by atoms with Crippen LogP contribution >= 0.6 is 0 Å². The Hall–Kier alpha value is -2.84. The molecule has 0 bridgehead atoms. The Balaban J connectivity index is 1.70. The number of anilines is 1. The Bertz CT molecular complexity index is 847. The average molecular weight is 333 g/mol. The molecule has 2 aromatic rings. The van der Waals surface area contributed by atoms with Crippen molar-refractivity contribution in [3.63, 3.8) is 0 Å². The highest BCUT2D eigenvalue weighted by Crippen LogP contribution is 2.24. The molecule has 0 radical (unpaired) electrons. The second kappa shape index (κ2) is 5.66. The van der Waals surface area contributed by atoms with Gasteiger partial charge < -0.3 is 15.0 Å². The largest absolute Gasteiger partial charge is 0.444 e. The number of aromatic amines is 2. The van der Waals surface area contributed by atoms with Gasteiger partial charge in [0.05, 0.1) is 5.39 Å². The third kappa shape index (κ3) is 3.10. The van der Waals surface area contributed by atoms with Crippen molar-refractivity contribution in [3.8, 4) is 0 Å². The van der Waals surface area contributed by atoms with E-state index < -0.39 is 17.7 Å². The minimum atomic E-state index is -0.612. The Morgan fingerprint density at radius 1 is 1.38 bits per heavy atom. The minimum absolute atomic E-state index is 0.276. The van der Waals surface area contributed by atoms with Crippen LogP contribution in [0.3, 0.4) is 0 Å². The Kier molecular flexibility index (Phi) is 3.78. The fourth-order valence-corrected chi connectivity index (χ4v) is 2.43. The molecule has 3 rings (SSSR count). The number of nitrogens with one attached hydrogen (secondary N) is 3. The van der Waals surface area contributed by atoms with Gasteiger partial charge in [-0.3, -0.25) is 19.6 Å². The summed E-state index contributed by atoms with van der Waals surface area (Å²) in [4.78, 5) is 39.7. The molecular formula is C15H19N5O4. The van der Waals surface area contributed by atoms with E-state index in [0.717, 1.165) is 0 Å². The number of likely N-dealkylation sites (tertiary alicyclic amines) is 1. The summed E-state index contributed by atoms with van der Waals surface area (Å²) in [6, 6.07) is 2.34. The predicted molar refractivity (Wildman–Crippen MR) is 86.7 cm³/mol. The molecule has 24 heavy (non-hydrogen) atoms. The van der Waals surface area contributed by atoms with Crippen molar-refractivity contribution in [2.24, 2.45) is 0 Å². The van der Waals surface area contributed by atoms with Crippen molar-refractivity contribution in [3.05, 3.63) is 22.5 Å². The molecule has 9 heteroatoms. The van der Waals surface area contributed by atoms with Gasteiger partial charge in [0.1, 0.15) is 17.5 Å². The summed E-state index contributed by atoms with van der Waals surface area (Å²) in [6.45, 7) is 5.80. The van der Waals surface area contributed by atoms with Gasteiger partial charge in [0.15, 0.2) is 5.65 Å². The highest BCUT2D eigenvalue weighted by atomic mass is 16.6. The maximum Gasteiger partial charge on any atom is 0.410 e. The van der Waals surface area contributed by atoms with Crippen molar-refractivity contribution < 1.29 is 14.3 Å². The molecule has 1 aliphatic rings. The molecule has 1 aliphatic heterocycles. The van der Waals surface area contributed by atoms with Gasteiger partial charge >= 0.3 is 6.09 Å². The van der Waals surface area contributed by atoms with Crippen LogP contribution in [0.1, 0.15) is 27.2 Å². The third-order valence-electron chi connectivity index (χ3n) is 3.65. The molecule has 2 amide bonds. The van der Waals surface area contributed by atoms with Crippen LogP contribution in [0.25, 0.3) is 11.0 Å². The molecule has 1 fully saturated rings. The Morgan fingerprint density at radius 2 is 2.12 bits per heavy atom. The monoisotopic (exact) mass is 333 g/mol. The minimum Gasteiger partial charge on any atom is -0.444 e. The van der Waals surface area contributed by atoms with Crippen LogP contribution in [-0.2, 0) is 9.53 Å². The van der Waals surface area contributed by atoms with Crippen LogP contribution in [0, 0.1) is 0 Å². The number of hydrogen-bond donors (Lipinski definition) is 3. The van der Waals surface area contributed by atoms with Crippen molar-refractivity contribution >= 4 is 28.9 Å². The lowest BCUT2D eigenvalue weighted by Crippen LogP contribution is -2.57. The van der Waals surface area contributed by atoms with E-state index in [1.807, 2.05) is 0 Å². The van der Waals surface area contributed by atoms with Gasteiger partial charge in [0.25, 0.3) is 0 Å². The Morgan fingerprint density at radius 3 is 2.75 bits per heavy atom. The lowest BCUT2D eigenvalue weighted by Gasteiger charge is -2.40. The Labute approximate surface area is 137 Å². The first-order valence-corrected chi connectivity index (χ1v) is 7.62. The first-order chi connectivity index (χ1) is 11.2. The van der Waals surface area contributed by atoms with E-state index in [-0.39, 0.29) is 11.5 Å². The SMILES string of the molecule is CC(C)(C)OC(=O)N1CC[C@@H]1C(=O)Nc1[nH]nc2[nH]c(=O)ccc12. The number of fused-ring (bicyclic) bond motifs is 1. The second-order valence-corrected chi connectivity index (χ2v) is 6.65. The highest BCUT2D eigenvalue weighted by Gasteiger charge is 2.40. The molecule has 128 valence electrons. The summed E-state index contributed by atoms with van der Waals surface area (Å²) < 4.78 is 5.29. The average Bonchev–Trinajstić information content (AvgIpc) is 2.77. The summed E-state index contributed by atoms with van der Waals surface area (Å²) in [7, 11) is 0. The highest BCUT2D eigenvalue weighted by molar-refractivity contribution is 6.02. The van der Waals surface area contributed by atoms with Crippen LogP contribution in [0.5, 0.6) is 0 Å². The number of nitrogens with zero attached hydrogens (tertiary/aromatic N) is 2. The fraction of sp³-hybridized carbons (Fsp3) is 0.467. The first-order valence-electron chi connectivity index (χ1n) is 7.62. The van der Waals surface area contributed by atoms with E-state index in [9.17, 15) is 14.4 Å². The van der Waals surface area contributed by atoms with Crippen LogP contribution in [0.2, 0.25) is 0 Å². The molecule has 0 unspecified atom stereocenters. The summed E-state index contributed by atoms with van der Waals surface area (Å²) in [5.74, 6) is 0.0474. The molecule has 3 heterocycles. The molecule has 0 aromatic carbocycles. The second-order valence-electron chi connectivity index (χ2n) is 6.65. The summed E-state index contributed by atoms with van der Waals surface area (Å²) in [5.41, 5.74) is -0.531. The van der Waals surface area contributed by atoms with Gasteiger partial charge in [-0.25, -0.2) is 4.79 Å². The first kappa shape index (κ1) is 16.0. The van der Waals surface area contributed by atoms with E-state index in [4.69, 9.17) is 4.74 Å². The topological polar surface area (TPSA) is 120 Å². The van der Waals surface area contributed by atoms with E-state index in [1.165, 1.54) is 11.0 Å². The molecule has 0 spiro atoms. The van der Waals surface area contributed by atoms with E-state index in [1.54, 1.807) is 26.8 Å². The van der Waals surface area contributed by atoms with Gasteiger partial charge in [0, 0.05) is 12.6 Å². The normalized spacial score (nSPS) is 17.5. The number of carbonyl (C=O) groups is 2. The zero-order valence-corrected chi connectivity index (χ0v) is 13.7. The van der Waals surface area contributed by atoms with Crippen LogP contribution in [0.4, 0.5) is 10.6 Å². The number of aromatic nitrogens is 3. The van der Waals surface area contributed by atoms with Crippen molar-refractivity contribution in [2.45, 2.75) is 38.8 Å². The predicted octanol–water partition coefficient (Wildman–Crippen LogP) is 1.20. The number of amides is 2. The van der Waals surface area contributed by atoms with Crippen LogP contribution in [-0.4, -0.2) is 50.3 Å². The van der Waals surface area contributed by atoms with E-state index in [2.05, 4.69) is 20.5 Å². The smallest absolute Gasteiger partial charge is 0.410 e. The number of ether oxygens (including phenoxy) is 1. The molecule has 9 nitrogen and oxygen atoms in total.